The molecule has 2 aromatic rings. The number of pyridine rings is 1. The van der Waals surface area contributed by atoms with E-state index in [4.69, 9.17) is 4.74 Å². The molecule has 0 unspecified atom stereocenters. The van der Waals surface area contributed by atoms with Gasteiger partial charge in [0, 0.05) is 43.2 Å². The summed E-state index contributed by atoms with van der Waals surface area (Å²) in [6.07, 6.45) is 3.77. The van der Waals surface area contributed by atoms with Gasteiger partial charge in [-0.25, -0.2) is 9.97 Å². The van der Waals surface area contributed by atoms with E-state index in [1.165, 1.54) is 6.07 Å². The number of rotatable bonds is 3. The lowest BCUT2D eigenvalue weighted by Gasteiger charge is -2.33. The summed E-state index contributed by atoms with van der Waals surface area (Å²) in [5.74, 6) is 0.564. The number of aryl methyl sites for hydroxylation is 1. The molecule has 142 valence electrons. The van der Waals surface area contributed by atoms with E-state index in [1.54, 1.807) is 24.1 Å². The number of anilines is 1. The molecule has 2 saturated heterocycles. The number of carbonyl (C=O) groups excluding carboxylic acids is 1. The zero-order valence-electron chi connectivity index (χ0n) is 15.4. The van der Waals surface area contributed by atoms with Crippen LogP contribution in [-0.2, 0) is 4.74 Å². The minimum Gasteiger partial charge on any atom is -0.368 e. The Morgan fingerprint density at radius 3 is 2.85 bits per heavy atom. The van der Waals surface area contributed by atoms with Crippen LogP contribution in [0.25, 0.3) is 0 Å². The summed E-state index contributed by atoms with van der Waals surface area (Å²) in [4.78, 5) is 40.1. The average Bonchev–Trinajstić information content (AvgIpc) is 3.22. The SMILES string of the molecule is Cc1cc(C(=O)N2CCO[C@H](c3ccnc(N4CCCC4)n3)C2)cc(=O)[nH]1. The second-order valence-corrected chi connectivity index (χ2v) is 7.00. The number of hydrogen-bond acceptors (Lipinski definition) is 6. The number of aromatic amines is 1. The van der Waals surface area contributed by atoms with Crippen molar-refractivity contribution < 1.29 is 9.53 Å². The first-order valence-electron chi connectivity index (χ1n) is 9.30. The molecule has 8 heteroatoms. The number of ether oxygens (including phenoxy) is 1. The van der Waals surface area contributed by atoms with Gasteiger partial charge in [0.1, 0.15) is 6.10 Å². The molecular formula is C19H23N5O3. The molecule has 2 aliphatic rings. The van der Waals surface area contributed by atoms with Crippen LogP contribution in [0.5, 0.6) is 0 Å². The molecule has 8 nitrogen and oxygen atoms in total. The van der Waals surface area contributed by atoms with E-state index in [9.17, 15) is 9.59 Å². The van der Waals surface area contributed by atoms with Crippen molar-refractivity contribution in [2.24, 2.45) is 0 Å². The van der Waals surface area contributed by atoms with Gasteiger partial charge in [0.25, 0.3) is 5.91 Å². The van der Waals surface area contributed by atoms with E-state index in [-0.39, 0.29) is 17.6 Å². The van der Waals surface area contributed by atoms with E-state index in [0.717, 1.165) is 37.6 Å². The van der Waals surface area contributed by atoms with Crippen LogP contribution in [-0.4, -0.2) is 58.5 Å². The van der Waals surface area contributed by atoms with Gasteiger partial charge in [-0.3, -0.25) is 9.59 Å². The first kappa shape index (κ1) is 17.7. The van der Waals surface area contributed by atoms with Crippen molar-refractivity contribution in [3.8, 4) is 0 Å². The van der Waals surface area contributed by atoms with E-state index in [1.807, 2.05) is 6.07 Å². The number of morpholine rings is 1. The Bertz CT molecular complexity index is 891. The Balaban J connectivity index is 1.52. The topological polar surface area (TPSA) is 91.4 Å². The van der Waals surface area contributed by atoms with Gasteiger partial charge in [-0.15, -0.1) is 0 Å². The number of amides is 1. The van der Waals surface area contributed by atoms with Crippen molar-refractivity contribution in [1.29, 1.82) is 0 Å². The summed E-state index contributed by atoms with van der Waals surface area (Å²) in [6, 6.07) is 4.88. The zero-order chi connectivity index (χ0) is 18.8. The van der Waals surface area contributed by atoms with Crippen molar-refractivity contribution in [2.75, 3.05) is 37.7 Å². The Hall–Kier alpha value is -2.74. The van der Waals surface area contributed by atoms with E-state index < -0.39 is 0 Å². The number of carbonyl (C=O) groups is 1. The number of H-pyrrole nitrogens is 1. The van der Waals surface area contributed by atoms with Crippen LogP contribution in [0.2, 0.25) is 0 Å². The molecule has 27 heavy (non-hydrogen) atoms. The molecule has 1 N–H and O–H groups in total. The molecule has 4 rings (SSSR count). The van der Waals surface area contributed by atoms with Gasteiger partial charge in [-0.1, -0.05) is 0 Å². The Kier molecular flexibility index (Phi) is 4.89. The normalized spacial score (nSPS) is 20.1. The van der Waals surface area contributed by atoms with Crippen LogP contribution in [0, 0.1) is 6.92 Å². The lowest BCUT2D eigenvalue weighted by Crippen LogP contribution is -2.42. The van der Waals surface area contributed by atoms with E-state index >= 15 is 0 Å². The summed E-state index contributed by atoms with van der Waals surface area (Å²) < 4.78 is 5.87. The van der Waals surface area contributed by atoms with Crippen LogP contribution in [0.15, 0.2) is 29.2 Å². The third-order valence-corrected chi connectivity index (χ3v) is 4.96. The zero-order valence-corrected chi connectivity index (χ0v) is 15.4. The number of aromatic nitrogens is 3. The molecule has 0 bridgehead atoms. The summed E-state index contributed by atoms with van der Waals surface area (Å²) in [7, 11) is 0. The van der Waals surface area contributed by atoms with Crippen molar-refractivity contribution in [3.05, 3.63) is 51.7 Å². The van der Waals surface area contributed by atoms with Crippen LogP contribution >= 0.6 is 0 Å². The summed E-state index contributed by atoms with van der Waals surface area (Å²) in [6.45, 7) is 5.04. The minimum atomic E-state index is -0.296. The highest BCUT2D eigenvalue weighted by Gasteiger charge is 2.28. The lowest BCUT2D eigenvalue weighted by atomic mass is 10.1. The largest absolute Gasteiger partial charge is 0.368 e. The maximum atomic E-state index is 12.8. The molecule has 0 saturated carbocycles. The highest BCUT2D eigenvalue weighted by molar-refractivity contribution is 5.94. The van der Waals surface area contributed by atoms with Gasteiger partial charge in [-0.05, 0) is 31.9 Å². The fourth-order valence-electron chi connectivity index (χ4n) is 3.61. The van der Waals surface area contributed by atoms with Gasteiger partial charge in [0.05, 0.1) is 18.8 Å². The molecule has 2 fully saturated rings. The molecule has 1 amide bonds. The first-order valence-corrected chi connectivity index (χ1v) is 9.30. The molecule has 0 aromatic carbocycles. The Morgan fingerprint density at radius 1 is 1.26 bits per heavy atom. The summed E-state index contributed by atoms with van der Waals surface area (Å²) in [5, 5.41) is 0. The van der Waals surface area contributed by atoms with Gasteiger partial charge >= 0.3 is 0 Å². The summed E-state index contributed by atoms with van der Waals surface area (Å²) in [5.41, 5.74) is 1.58. The predicted octanol–water partition coefficient (Wildman–Crippen LogP) is 1.29. The quantitative estimate of drug-likeness (QED) is 0.877. The van der Waals surface area contributed by atoms with Gasteiger partial charge in [-0.2, -0.15) is 0 Å². The van der Waals surface area contributed by atoms with Gasteiger partial charge in [0.2, 0.25) is 11.5 Å². The third-order valence-electron chi connectivity index (χ3n) is 4.96. The minimum absolute atomic E-state index is 0.161. The second-order valence-electron chi connectivity index (χ2n) is 7.00. The van der Waals surface area contributed by atoms with Crippen molar-refractivity contribution in [2.45, 2.75) is 25.9 Å². The molecule has 1 atom stereocenters. The molecule has 2 aromatic heterocycles. The summed E-state index contributed by atoms with van der Waals surface area (Å²) >= 11 is 0. The number of nitrogens with one attached hydrogen (secondary N) is 1. The van der Waals surface area contributed by atoms with Crippen molar-refractivity contribution in [3.63, 3.8) is 0 Å². The Morgan fingerprint density at radius 2 is 2.07 bits per heavy atom. The molecule has 0 aliphatic carbocycles. The van der Waals surface area contributed by atoms with Crippen LogP contribution in [0.3, 0.4) is 0 Å². The van der Waals surface area contributed by atoms with E-state index in [2.05, 4.69) is 19.9 Å². The maximum Gasteiger partial charge on any atom is 0.254 e. The predicted molar refractivity (Wildman–Crippen MR) is 99.9 cm³/mol. The maximum absolute atomic E-state index is 12.8. The highest BCUT2D eigenvalue weighted by atomic mass is 16.5. The van der Waals surface area contributed by atoms with Crippen LogP contribution in [0.1, 0.15) is 40.7 Å². The molecule has 0 spiro atoms. The van der Waals surface area contributed by atoms with Crippen LogP contribution in [0.4, 0.5) is 5.95 Å². The van der Waals surface area contributed by atoms with Crippen molar-refractivity contribution in [1.82, 2.24) is 19.9 Å². The van der Waals surface area contributed by atoms with E-state index in [0.29, 0.717) is 31.0 Å². The first-order chi connectivity index (χ1) is 13.1. The number of nitrogens with zero attached hydrogens (tertiary/aromatic N) is 4. The third kappa shape index (κ3) is 3.85. The monoisotopic (exact) mass is 369 g/mol. The standard InChI is InChI=1S/C19H23N5O3/c1-13-10-14(11-17(25)21-13)18(26)24-8-9-27-16(12-24)15-4-5-20-19(22-15)23-6-2-3-7-23/h4-5,10-11,16H,2-3,6-9,12H2,1H3,(H,21,25)/t16-/m0/s1. The van der Waals surface area contributed by atoms with Crippen LogP contribution < -0.4 is 10.5 Å². The number of hydrogen-bond donors (Lipinski definition) is 1. The highest BCUT2D eigenvalue weighted by Crippen LogP contribution is 2.24. The van der Waals surface area contributed by atoms with Gasteiger partial charge < -0.3 is 19.5 Å². The van der Waals surface area contributed by atoms with Gasteiger partial charge in [0.15, 0.2) is 0 Å². The smallest absolute Gasteiger partial charge is 0.254 e. The molecule has 4 heterocycles. The molecular weight excluding hydrogens is 346 g/mol. The average molecular weight is 369 g/mol. The molecule has 2 aliphatic heterocycles. The second kappa shape index (κ2) is 7.48. The Labute approximate surface area is 157 Å². The lowest BCUT2D eigenvalue weighted by molar-refractivity contribution is -0.0247. The fraction of sp³-hybridized carbons (Fsp3) is 0.474. The van der Waals surface area contributed by atoms with Crippen molar-refractivity contribution >= 4 is 11.9 Å². The fourth-order valence-corrected chi connectivity index (χ4v) is 3.61. The molecule has 0 radical (unpaired) electrons.